The summed E-state index contributed by atoms with van der Waals surface area (Å²) in [6, 6.07) is 19.2. The van der Waals surface area contributed by atoms with Crippen LogP contribution in [0.2, 0.25) is 0 Å². The van der Waals surface area contributed by atoms with Crippen LogP contribution in [0.3, 0.4) is 0 Å². The number of benzene rings is 2. The standard InChI is InChI=1S/C26H25NO3/c1-5-30-25(29)21-16-23(27-13-12-20(15-22(21)27)26(2,3)4)24(28)19-11-10-17-8-6-7-9-18(17)14-19/h6-16H,5H2,1-4H3. The number of hydrogen-bond acceptors (Lipinski definition) is 3. The summed E-state index contributed by atoms with van der Waals surface area (Å²) in [5, 5.41) is 2.08. The summed E-state index contributed by atoms with van der Waals surface area (Å²) < 4.78 is 7.05. The molecule has 30 heavy (non-hydrogen) atoms. The largest absolute Gasteiger partial charge is 0.462 e. The second kappa shape index (κ2) is 7.45. The molecule has 0 N–H and O–H groups in total. The maximum absolute atomic E-state index is 13.4. The second-order valence-electron chi connectivity index (χ2n) is 8.48. The molecule has 0 aliphatic heterocycles. The lowest BCUT2D eigenvalue weighted by Crippen LogP contribution is -2.12. The van der Waals surface area contributed by atoms with E-state index in [2.05, 4.69) is 20.8 Å². The molecule has 0 fully saturated rings. The van der Waals surface area contributed by atoms with E-state index in [0.29, 0.717) is 22.3 Å². The van der Waals surface area contributed by atoms with Crippen LogP contribution in [0.25, 0.3) is 16.3 Å². The normalized spacial score (nSPS) is 11.7. The molecule has 0 unspecified atom stereocenters. The molecule has 0 aliphatic carbocycles. The summed E-state index contributed by atoms with van der Waals surface area (Å²) in [7, 11) is 0. The van der Waals surface area contributed by atoms with Crippen LogP contribution in [-0.2, 0) is 10.2 Å². The summed E-state index contributed by atoms with van der Waals surface area (Å²) in [4.78, 5) is 26.0. The van der Waals surface area contributed by atoms with Gasteiger partial charge in [0.05, 0.1) is 23.4 Å². The Kier molecular flexibility index (Phi) is 4.94. The molecule has 4 aromatic rings. The van der Waals surface area contributed by atoms with Crippen LogP contribution in [0.4, 0.5) is 0 Å². The molecule has 152 valence electrons. The van der Waals surface area contributed by atoms with E-state index in [-0.39, 0.29) is 17.8 Å². The molecule has 2 aromatic carbocycles. The van der Waals surface area contributed by atoms with Crippen LogP contribution in [-0.4, -0.2) is 22.8 Å². The van der Waals surface area contributed by atoms with Crippen molar-refractivity contribution in [3.63, 3.8) is 0 Å². The fraction of sp³-hybridized carbons (Fsp3) is 0.231. The number of rotatable bonds is 4. The lowest BCUT2D eigenvalue weighted by Gasteiger charge is -2.19. The van der Waals surface area contributed by atoms with E-state index in [1.165, 1.54) is 0 Å². The number of pyridine rings is 1. The number of hydrogen-bond donors (Lipinski definition) is 0. The first kappa shape index (κ1) is 19.9. The second-order valence-corrected chi connectivity index (χ2v) is 8.48. The van der Waals surface area contributed by atoms with Gasteiger partial charge in [-0.15, -0.1) is 0 Å². The Labute approximate surface area is 176 Å². The average molecular weight is 399 g/mol. The molecule has 0 bridgehead atoms. The van der Waals surface area contributed by atoms with Crippen LogP contribution in [0.15, 0.2) is 66.9 Å². The van der Waals surface area contributed by atoms with Crippen molar-refractivity contribution >= 4 is 28.0 Å². The Bertz CT molecular complexity index is 1270. The summed E-state index contributed by atoms with van der Waals surface area (Å²) in [5.41, 5.74) is 3.13. The van der Waals surface area contributed by atoms with E-state index in [1.807, 2.05) is 60.8 Å². The number of aromatic nitrogens is 1. The fourth-order valence-corrected chi connectivity index (χ4v) is 3.69. The van der Waals surface area contributed by atoms with Gasteiger partial charge in [-0.1, -0.05) is 57.2 Å². The Balaban J connectivity index is 1.88. The minimum absolute atomic E-state index is 0.0829. The van der Waals surface area contributed by atoms with Gasteiger partial charge in [0.1, 0.15) is 0 Å². The van der Waals surface area contributed by atoms with Gasteiger partial charge in [0.25, 0.3) is 0 Å². The number of carbonyl (C=O) groups is 2. The molecule has 0 amide bonds. The highest BCUT2D eigenvalue weighted by molar-refractivity contribution is 6.12. The zero-order valence-electron chi connectivity index (χ0n) is 17.7. The van der Waals surface area contributed by atoms with Crippen molar-refractivity contribution in [2.45, 2.75) is 33.1 Å². The fourth-order valence-electron chi connectivity index (χ4n) is 3.69. The van der Waals surface area contributed by atoms with Crippen LogP contribution in [0.1, 0.15) is 59.7 Å². The maximum atomic E-state index is 13.4. The highest BCUT2D eigenvalue weighted by atomic mass is 16.5. The van der Waals surface area contributed by atoms with Gasteiger partial charge in [-0.3, -0.25) is 4.79 Å². The number of ether oxygens (including phenoxy) is 1. The van der Waals surface area contributed by atoms with Gasteiger partial charge in [-0.25, -0.2) is 4.79 Å². The maximum Gasteiger partial charge on any atom is 0.340 e. The summed E-state index contributed by atoms with van der Waals surface area (Å²) in [6.45, 7) is 8.41. The van der Waals surface area contributed by atoms with Crippen LogP contribution in [0, 0.1) is 0 Å². The molecule has 0 atom stereocenters. The van der Waals surface area contributed by atoms with E-state index in [4.69, 9.17) is 4.74 Å². The molecular weight excluding hydrogens is 374 g/mol. The number of esters is 1. The van der Waals surface area contributed by atoms with Gasteiger partial charge in [0.2, 0.25) is 5.78 Å². The van der Waals surface area contributed by atoms with Crippen LogP contribution >= 0.6 is 0 Å². The molecule has 0 saturated carbocycles. The van der Waals surface area contributed by atoms with Crippen molar-refractivity contribution < 1.29 is 14.3 Å². The van der Waals surface area contributed by atoms with Crippen molar-refractivity contribution in [3.8, 4) is 0 Å². The van der Waals surface area contributed by atoms with Crippen molar-refractivity contribution in [3.05, 3.63) is 89.2 Å². The van der Waals surface area contributed by atoms with Gasteiger partial charge in [-0.2, -0.15) is 0 Å². The minimum Gasteiger partial charge on any atom is -0.462 e. The molecule has 4 nitrogen and oxygen atoms in total. The van der Waals surface area contributed by atoms with Crippen molar-refractivity contribution in [1.82, 2.24) is 4.40 Å². The number of ketones is 1. The van der Waals surface area contributed by atoms with Crippen molar-refractivity contribution in [2.75, 3.05) is 6.61 Å². The monoisotopic (exact) mass is 399 g/mol. The van der Waals surface area contributed by atoms with Crippen LogP contribution < -0.4 is 0 Å². The van der Waals surface area contributed by atoms with E-state index >= 15 is 0 Å². The van der Waals surface area contributed by atoms with Crippen molar-refractivity contribution in [2.24, 2.45) is 0 Å². The summed E-state index contributed by atoms with van der Waals surface area (Å²) >= 11 is 0. The highest BCUT2D eigenvalue weighted by Gasteiger charge is 2.23. The first-order chi connectivity index (χ1) is 14.3. The molecule has 0 radical (unpaired) electrons. The van der Waals surface area contributed by atoms with E-state index < -0.39 is 5.97 Å². The third kappa shape index (κ3) is 3.50. The lowest BCUT2D eigenvalue weighted by molar-refractivity contribution is 0.0528. The van der Waals surface area contributed by atoms with E-state index in [1.54, 1.807) is 17.4 Å². The van der Waals surface area contributed by atoms with E-state index in [0.717, 1.165) is 16.3 Å². The smallest absolute Gasteiger partial charge is 0.340 e. The molecule has 0 saturated heterocycles. The lowest BCUT2D eigenvalue weighted by atomic mass is 9.87. The van der Waals surface area contributed by atoms with Gasteiger partial charge in [-0.05, 0) is 52.9 Å². The predicted octanol–water partition coefficient (Wildman–Crippen LogP) is 5.80. The molecule has 4 heteroatoms. The number of carbonyl (C=O) groups excluding carboxylic acids is 2. The Morgan fingerprint density at radius 2 is 1.67 bits per heavy atom. The summed E-state index contributed by atoms with van der Waals surface area (Å²) in [5.74, 6) is -0.548. The molecule has 0 spiro atoms. The Morgan fingerprint density at radius 1 is 0.933 bits per heavy atom. The topological polar surface area (TPSA) is 47.8 Å². The third-order valence-electron chi connectivity index (χ3n) is 5.38. The molecule has 2 heterocycles. The zero-order valence-corrected chi connectivity index (χ0v) is 17.7. The minimum atomic E-state index is -0.418. The van der Waals surface area contributed by atoms with Gasteiger partial charge >= 0.3 is 5.97 Å². The third-order valence-corrected chi connectivity index (χ3v) is 5.38. The predicted molar refractivity (Wildman–Crippen MR) is 119 cm³/mol. The van der Waals surface area contributed by atoms with E-state index in [9.17, 15) is 9.59 Å². The number of fused-ring (bicyclic) bond motifs is 2. The zero-order chi connectivity index (χ0) is 21.5. The molecular formula is C26H25NO3. The Morgan fingerprint density at radius 3 is 2.37 bits per heavy atom. The first-order valence-electron chi connectivity index (χ1n) is 10.2. The first-order valence-corrected chi connectivity index (χ1v) is 10.2. The quantitative estimate of drug-likeness (QED) is 0.322. The molecule has 4 rings (SSSR count). The van der Waals surface area contributed by atoms with Gasteiger partial charge in [0.15, 0.2) is 0 Å². The average Bonchev–Trinajstić information content (AvgIpc) is 3.11. The van der Waals surface area contributed by atoms with Gasteiger partial charge in [0, 0.05) is 11.8 Å². The van der Waals surface area contributed by atoms with Crippen LogP contribution in [0.5, 0.6) is 0 Å². The number of nitrogens with zero attached hydrogens (tertiary/aromatic N) is 1. The summed E-state index contributed by atoms with van der Waals surface area (Å²) in [6.07, 6.45) is 1.87. The highest BCUT2D eigenvalue weighted by Crippen LogP contribution is 2.28. The molecule has 2 aromatic heterocycles. The Hall–Kier alpha value is -3.40. The van der Waals surface area contributed by atoms with Crippen molar-refractivity contribution in [1.29, 1.82) is 0 Å². The SMILES string of the molecule is CCOC(=O)c1cc(C(=O)c2ccc3ccccc3c2)n2ccc(C(C)(C)C)cc12. The van der Waals surface area contributed by atoms with Gasteiger partial charge < -0.3 is 9.14 Å². The molecule has 0 aliphatic rings.